The van der Waals surface area contributed by atoms with Gasteiger partial charge in [0.05, 0.1) is 11.9 Å². The van der Waals surface area contributed by atoms with Crippen molar-refractivity contribution in [3.63, 3.8) is 0 Å². The van der Waals surface area contributed by atoms with Crippen molar-refractivity contribution in [1.29, 1.82) is 0 Å². The molecule has 2 aromatic rings. The van der Waals surface area contributed by atoms with Crippen LogP contribution in [-0.4, -0.2) is 26.2 Å². The molecule has 0 aliphatic carbocycles. The largest absolute Gasteiger partial charge is 0.258 e. The SMILES string of the molecule is CCc1cnc2cnn(CC(F)F)c2n1. The highest BCUT2D eigenvalue weighted by Gasteiger charge is 2.10. The summed E-state index contributed by atoms with van der Waals surface area (Å²) in [6.07, 6.45) is 1.38. The average molecular weight is 212 g/mol. The fourth-order valence-corrected chi connectivity index (χ4v) is 1.32. The summed E-state index contributed by atoms with van der Waals surface area (Å²) in [5, 5.41) is 3.82. The van der Waals surface area contributed by atoms with Gasteiger partial charge in [0.2, 0.25) is 0 Å². The van der Waals surface area contributed by atoms with Crippen molar-refractivity contribution in [2.45, 2.75) is 26.3 Å². The quantitative estimate of drug-likeness (QED) is 0.777. The number of aromatic nitrogens is 4. The Morgan fingerprint density at radius 3 is 2.87 bits per heavy atom. The lowest BCUT2D eigenvalue weighted by atomic mass is 10.3. The normalized spacial score (nSPS) is 11.5. The molecule has 6 heteroatoms. The van der Waals surface area contributed by atoms with E-state index in [0.717, 1.165) is 12.1 Å². The van der Waals surface area contributed by atoms with Crippen LogP contribution in [0.25, 0.3) is 11.2 Å². The minimum atomic E-state index is -2.43. The number of hydrogen-bond acceptors (Lipinski definition) is 3. The minimum absolute atomic E-state index is 0.426. The van der Waals surface area contributed by atoms with E-state index in [1.807, 2.05) is 6.92 Å². The van der Waals surface area contributed by atoms with Crippen molar-refractivity contribution in [1.82, 2.24) is 19.7 Å². The first-order valence-electron chi connectivity index (χ1n) is 4.66. The molecule has 0 aliphatic heterocycles. The first kappa shape index (κ1) is 9.95. The molecule has 0 unspecified atom stereocenters. The molecule has 0 aromatic carbocycles. The summed E-state index contributed by atoms with van der Waals surface area (Å²) in [5.74, 6) is 0. The van der Waals surface area contributed by atoms with E-state index in [-0.39, 0.29) is 0 Å². The highest BCUT2D eigenvalue weighted by molar-refractivity contribution is 5.69. The van der Waals surface area contributed by atoms with Gasteiger partial charge in [-0.3, -0.25) is 0 Å². The van der Waals surface area contributed by atoms with Crippen molar-refractivity contribution in [3.8, 4) is 0 Å². The van der Waals surface area contributed by atoms with Crippen LogP contribution < -0.4 is 0 Å². The maximum atomic E-state index is 12.2. The highest BCUT2D eigenvalue weighted by atomic mass is 19.3. The van der Waals surface area contributed by atoms with Crippen molar-refractivity contribution in [2.24, 2.45) is 0 Å². The zero-order valence-electron chi connectivity index (χ0n) is 8.19. The molecule has 0 radical (unpaired) electrons. The van der Waals surface area contributed by atoms with E-state index in [1.54, 1.807) is 6.20 Å². The van der Waals surface area contributed by atoms with Crippen LogP contribution in [0.15, 0.2) is 12.4 Å². The third-order valence-electron chi connectivity index (χ3n) is 2.07. The molecule has 0 saturated heterocycles. The van der Waals surface area contributed by atoms with Gasteiger partial charge < -0.3 is 0 Å². The van der Waals surface area contributed by atoms with Gasteiger partial charge in [0.15, 0.2) is 5.65 Å². The second-order valence-electron chi connectivity index (χ2n) is 3.14. The van der Waals surface area contributed by atoms with Gasteiger partial charge in [0, 0.05) is 6.20 Å². The predicted octanol–water partition coefficient (Wildman–Crippen LogP) is 1.65. The molecule has 2 heterocycles. The Kier molecular flexibility index (Phi) is 2.57. The molecular formula is C9H10F2N4. The zero-order valence-corrected chi connectivity index (χ0v) is 8.19. The van der Waals surface area contributed by atoms with Crippen LogP contribution in [0.3, 0.4) is 0 Å². The molecule has 0 bridgehead atoms. The van der Waals surface area contributed by atoms with E-state index in [0.29, 0.717) is 11.2 Å². The summed E-state index contributed by atoms with van der Waals surface area (Å²) in [7, 11) is 0. The fourth-order valence-electron chi connectivity index (χ4n) is 1.32. The summed E-state index contributed by atoms with van der Waals surface area (Å²) >= 11 is 0. The topological polar surface area (TPSA) is 43.6 Å². The maximum absolute atomic E-state index is 12.2. The molecular weight excluding hydrogens is 202 g/mol. The lowest BCUT2D eigenvalue weighted by Gasteiger charge is -2.01. The number of fused-ring (bicyclic) bond motifs is 1. The van der Waals surface area contributed by atoms with Crippen LogP contribution in [0.1, 0.15) is 12.6 Å². The van der Waals surface area contributed by atoms with Crippen LogP contribution >= 0.6 is 0 Å². The van der Waals surface area contributed by atoms with Gasteiger partial charge in [-0.2, -0.15) is 5.10 Å². The summed E-state index contributed by atoms with van der Waals surface area (Å²) in [5.41, 5.74) is 1.75. The second kappa shape index (κ2) is 3.88. The summed E-state index contributed by atoms with van der Waals surface area (Å²) in [6, 6.07) is 0. The molecule has 2 rings (SSSR count). The van der Waals surface area contributed by atoms with Gasteiger partial charge in [0.25, 0.3) is 6.43 Å². The van der Waals surface area contributed by atoms with Gasteiger partial charge in [-0.25, -0.2) is 23.4 Å². The summed E-state index contributed by atoms with van der Waals surface area (Å²) in [6.45, 7) is 1.50. The zero-order chi connectivity index (χ0) is 10.8. The van der Waals surface area contributed by atoms with E-state index in [9.17, 15) is 8.78 Å². The first-order valence-corrected chi connectivity index (χ1v) is 4.66. The van der Waals surface area contributed by atoms with Crippen LogP contribution in [0.5, 0.6) is 0 Å². The Morgan fingerprint density at radius 2 is 2.20 bits per heavy atom. The molecule has 80 valence electrons. The molecule has 15 heavy (non-hydrogen) atoms. The number of rotatable bonds is 3. The molecule has 0 amide bonds. The van der Waals surface area contributed by atoms with E-state index in [4.69, 9.17) is 0 Å². The second-order valence-corrected chi connectivity index (χ2v) is 3.14. The number of hydrogen-bond donors (Lipinski definition) is 0. The average Bonchev–Trinajstić information content (AvgIpc) is 2.60. The van der Waals surface area contributed by atoms with Crippen molar-refractivity contribution >= 4 is 11.2 Å². The van der Waals surface area contributed by atoms with Crippen LogP contribution in [-0.2, 0) is 13.0 Å². The Bertz CT molecular complexity index is 466. The lowest BCUT2D eigenvalue weighted by molar-refractivity contribution is 0.123. The third-order valence-corrected chi connectivity index (χ3v) is 2.07. The Morgan fingerprint density at radius 1 is 1.40 bits per heavy atom. The molecule has 4 nitrogen and oxygen atoms in total. The van der Waals surface area contributed by atoms with E-state index in [1.165, 1.54) is 10.9 Å². The number of halogens is 2. The molecule has 0 spiro atoms. The maximum Gasteiger partial charge on any atom is 0.258 e. The van der Waals surface area contributed by atoms with Crippen LogP contribution in [0.2, 0.25) is 0 Å². The van der Waals surface area contributed by atoms with Gasteiger partial charge in [-0.15, -0.1) is 0 Å². The molecule has 0 fully saturated rings. The molecule has 0 saturated carbocycles. The highest BCUT2D eigenvalue weighted by Crippen LogP contribution is 2.10. The number of alkyl halides is 2. The Labute approximate surface area is 85.0 Å². The molecule has 0 aliphatic rings. The Balaban J connectivity index is 2.46. The van der Waals surface area contributed by atoms with Gasteiger partial charge in [-0.05, 0) is 6.42 Å². The van der Waals surface area contributed by atoms with E-state index < -0.39 is 13.0 Å². The third kappa shape index (κ3) is 1.93. The van der Waals surface area contributed by atoms with Gasteiger partial charge >= 0.3 is 0 Å². The lowest BCUT2D eigenvalue weighted by Crippen LogP contribution is -2.09. The predicted molar refractivity (Wildman–Crippen MR) is 50.7 cm³/mol. The summed E-state index contributed by atoms with van der Waals surface area (Å²) in [4.78, 5) is 8.30. The molecule has 0 N–H and O–H groups in total. The molecule has 0 atom stereocenters. The van der Waals surface area contributed by atoms with Crippen molar-refractivity contribution in [3.05, 3.63) is 18.1 Å². The van der Waals surface area contributed by atoms with E-state index in [2.05, 4.69) is 15.1 Å². The smallest absolute Gasteiger partial charge is 0.249 e. The first-order chi connectivity index (χ1) is 7.20. The van der Waals surface area contributed by atoms with Gasteiger partial charge in [-0.1, -0.05) is 6.92 Å². The summed E-state index contributed by atoms with van der Waals surface area (Å²) < 4.78 is 25.6. The van der Waals surface area contributed by atoms with Crippen molar-refractivity contribution < 1.29 is 8.78 Å². The molecule has 2 aromatic heterocycles. The van der Waals surface area contributed by atoms with Crippen LogP contribution in [0.4, 0.5) is 8.78 Å². The van der Waals surface area contributed by atoms with Crippen LogP contribution in [0, 0.1) is 0 Å². The fraction of sp³-hybridized carbons (Fsp3) is 0.444. The number of aryl methyl sites for hydroxylation is 1. The van der Waals surface area contributed by atoms with E-state index >= 15 is 0 Å². The Hall–Kier alpha value is -1.59. The number of nitrogens with zero attached hydrogens (tertiary/aromatic N) is 4. The standard InChI is InChI=1S/C9H10F2N4/c1-2-6-3-12-7-4-13-15(5-8(10)11)9(7)14-6/h3-4,8H,2,5H2,1H3. The van der Waals surface area contributed by atoms with Crippen molar-refractivity contribution in [2.75, 3.05) is 0 Å². The monoisotopic (exact) mass is 212 g/mol. The minimum Gasteiger partial charge on any atom is -0.249 e. The van der Waals surface area contributed by atoms with Gasteiger partial charge in [0.1, 0.15) is 12.1 Å².